The lowest BCUT2D eigenvalue weighted by Crippen LogP contribution is -2.40. The smallest absolute Gasteiger partial charge is 0.264 e. The van der Waals surface area contributed by atoms with Gasteiger partial charge in [-0.3, -0.25) is 14.5 Å². The minimum atomic E-state index is -4.33. The summed E-state index contributed by atoms with van der Waals surface area (Å²) in [6.45, 7) is 0. The molecule has 158 valence electrons. The molecule has 9 heteroatoms. The first kappa shape index (κ1) is 19.6. The van der Waals surface area contributed by atoms with Gasteiger partial charge in [-0.2, -0.15) is 0 Å². The highest BCUT2D eigenvalue weighted by atomic mass is 32.2. The van der Waals surface area contributed by atoms with Crippen LogP contribution >= 0.6 is 0 Å². The molecular weight excluding hydrogens is 424 g/mol. The molecule has 1 spiro atoms. The van der Waals surface area contributed by atoms with Crippen LogP contribution in [0.2, 0.25) is 0 Å². The van der Waals surface area contributed by atoms with Crippen molar-refractivity contribution in [3.05, 3.63) is 72.1 Å². The fourth-order valence-electron chi connectivity index (χ4n) is 4.25. The Balaban J connectivity index is 1.64. The Labute approximate surface area is 177 Å². The summed E-state index contributed by atoms with van der Waals surface area (Å²) in [5.41, 5.74) is 2.15. The average Bonchev–Trinajstić information content (AvgIpc) is 2.99. The summed E-state index contributed by atoms with van der Waals surface area (Å²) >= 11 is 0. The number of amides is 1. The van der Waals surface area contributed by atoms with Gasteiger partial charge in [0.15, 0.2) is 0 Å². The van der Waals surface area contributed by atoms with E-state index < -0.39 is 32.0 Å². The number of nitrogens with zero attached hydrogens (tertiary/aromatic N) is 1. The lowest BCUT2D eigenvalue weighted by molar-refractivity contribution is -0.123. The highest BCUT2D eigenvalue weighted by molar-refractivity contribution is 7.92. The predicted octanol–water partition coefficient (Wildman–Crippen LogP) is 4.20. The van der Waals surface area contributed by atoms with Crippen molar-refractivity contribution in [3.8, 4) is 11.1 Å². The molecule has 0 radical (unpaired) electrons. The molecule has 0 saturated heterocycles. The van der Waals surface area contributed by atoms with Crippen molar-refractivity contribution in [2.24, 2.45) is 0 Å². The van der Waals surface area contributed by atoms with Gasteiger partial charge >= 0.3 is 0 Å². The number of hydrogen-bond donors (Lipinski definition) is 2. The van der Waals surface area contributed by atoms with Crippen LogP contribution in [0.4, 0.5) is 20.2 Å². The van der Waals surface area contributed by atoms with E-state index in [0.717, 1.165) is 18.6 Å². The first-order valence-electron chi connectivity index (χ1n) is 9.68. The normalized spacial score (nSPS) is 16.5. The second kappa shape index (κ2) is 6.84. The van der Waals surface area contributed by atoms with Gasteiger partial charge in [0, 0.05) is 35.3 Å². The topological polar surface area (TPSA) is 88.2 Å². The largest absolute Gasteiger partial charge is 0.324 e. The Hall–Kier alpha value is -3.33. The summed E-state index contributed by atoms with van der Waals surface area (Å²) in [4.78, 5) is 16.2. The van der Waals surface area contributed by atoms with Crippen molar-refractivity contribution in [1.29, 1.82) is 0 Å². The lowest BCUT2D eigenvalue weighted by atomic mass is 9.65. The Kier molecular flexibility index (Phi) is 4.33. The maximum atomic E-state index is 14.1. The first-order chi connectivity index (χ1) is 14.8. The van der Waals surface area contributed by atoms with Gasteiger partial charge in [0.2, 0.25) is 5.91 Å². The maximum absolute atomic E-state index is 14.1. The van der Waals surface area contributed by atoms with Crippen LogP contribution in [-0.2, 0) is 20.2 Å². The van der Waals surface area contributed by atoms with Gasteiger partial charge in [-0.15, -0.1) is 0 Å². The number of aromatic nitrogens is 1. The quantitative estimate of drug-likeness (QED) is 0.635. The van der Waals surface area contributed by atoms with Crippen LogP contribution in [0, 0.1) is 11.6 Å². The molecule has 3 aromatic rings. The molecule has 1 aliphatic carbocycles. The number of nitrogens with one attached hydrogen (secondary N) is 2. The predicted molar refractivity (Wildman–Crippen MR) is 111 cm³/mol. The van der Waals surface area contributed by atoms with Crippen molar-refractivity contribution >= 4 is 27.3 Å². The molecular formula is C22H17F2N3O3S. The van der Waals surface area contributed by atoms with Crippen molar-refractivity contribution in [2.75, 3.05) is 10.0 Å². The number of rotatable bonds is 4. The molecule has 0 bridgehead atoms. The van der Waals surface area contributed by atoms with Gasteiger partial charge in [0.1, 0.15) is 16.5 Å². The second-order valence-corrected chi connectivity index (χ2v) is 9.41. The SMILES string of the molecule is O=C1Nc2c(-c3cccnc3)cc(NS(=O)(=O)c3ccc(F)cc3F)cc2C12CCC2. The third-order valence-corrected chi connectivity index (χ3v) is 7.36. The zero-order valence-corrected chi connectivity index (χ0v) is 17.0. The Bertz CT molecular complexity index is 1320. The fourth-order valence-corrected chi connectivity index (χ4v) is 5.35. The van der Waals surface area contributed by atoms with E-state index in [-0.39, 0.29) is 11.6 Å². The molecule has 0 atom stereocenters. The number of benzene rings is 2. The van der Waals surface area contributed by atoms with E-state index in [0.29, 0.717) is 41.3 Å². The summed E-state index contributed by atoms with van der Waals surface area (Å²) < 4.78 is 55.4. The lowest BCUT2D eigenvalue weighted by Gasteiger charge is -2.36. The van der Waals surface area contributed by atoms with E-state index >= 15 is 0 Å². The van der Waals surface area contributed by atoms with Gasteiger partial charge in [-0.25, -0.2) is 17.2 Å². The summed E-state index contributed by atoms with van der Waals surface area (Å²) in [6, 6.07) is 9.01. The number of anilines is 2. The van der Waals surface area contributed by atoms with E-state index in [1.54, 1.807) is 36.7 Å². The minimum absolute atomic E-state index is 0.108. The minimum Gasteiger partial charge on any atom is -0.324 e. The Morgan fingerprint density at radius 1 is 1.10 bits per heavy atom. The molecule has 2 aromatic carbocycles. The molecule has 2 N–H and O–H groups in total. The number of pyridine rings is 1. The van der Waals surface area contributed by atoms with Gasteiger partial charge in [0.05, 0.1) is 11.1 Å². The van der Waals surface area contributed by atoms with Crippen LogP contribution in [0.5, 0.6) is 0 Å². The molecule has 2 heterocycles. The molecule has 1 aromatic heterocycles. The zero-order chi connectivity index (χ0) is 21.8. The number of hydrogen-bond acceptors (Lipinski definition) is 4. The number of halogens is 2. The molecule has 1 fully saturated rings. The molecule has 1 saturated carbocycles. The van der Waals surface area contributed by atoms with E-state index in [1.807, 2.05) is 0 Å². The van der Waals surface area contributed by atoms with Crippen LogP contribution in [0.1, 0.15) is 24.8 Å². The Morgan fingerprint density at radius 3 is 2.55 bits per heavy atom. The number of sulfonamides is 1. The zero-order valence-electron chi connectivity index (χ0n) is 16.2. The third kappa shape index (κ3) is 3.07. The summed E-state index contributed by atoms with van der Waals surface area (Å²) in [5, 5.41) is 2.95. The molecule has 1 aliphatic heterocycles. The van der Waals surface area contributed by atoms with Gasteiger partial charge in [-0.1, -0.05) is 12.5 Å². The van der Waals surface area contributed by atoms with Crippen LogP contribution in [0.3, 0.4) is 0 Å². The van der Waals surface area contributed by atoms with Crippen LogP contribution in [-0.4, -0.2) is 19.3 Å². The molecule has 5 rings (SSSR count). The van der Waals surface area contributed by atoms with Crippen LogP contribution in [0.25, 0.3) is 11.1 Å². The fraction of sp³-hybridized carbons (Fsp3) is 0.182. The highest BCUT2D eigenvalue weighted by Crippen LogP contribution is 2.54. The standard InChI is InChI=1S/C22H17F2N3O3S/c23-14-4-5-19(18(24)9-14)31(29,30)27-15-10-16(13-3-1-8-25-12-13)20-17(11-15)22(6-2-7-22)21(28)26-20/h1,3-5,8-12,27H,2,6-7H2,(H,26,28). The van der Waals surface area contributed by atoms with Gasteiger partial charge in [-0.05, 0) is 48.7 Å². The van der Waals surface area contributed by atoms with E-state index in [9.17, 15) is 22.0 Å². The number of fused-ring (bicyclic) bond motifs is 2. The highest BCUT2D eigenvalue weighted by Gasteiger charge is 2.51. The molecule has 31 heavy (non-hydrogen) atoms. The number of carbonyl (C=O) groups excluding carboxylic acids is 1. The first-order valence-corrected chi connectivity index (χ1v) is 11.2. The van der Waals surface area contributed by atoms with Gasteiger partial charge in [0.25, 0.3) is 10.0 Å². The third-order valence-electron chi connectivity index (χ3n) is 5.94. The van der Waals surface area contributed by atoms with Crippen LogP contribution < -0.4 is 10.0 Å². The number of carbonyl (C=O) groups is 1. The molecule has 6 nitrogen and oxygen atoms in total. The van der Waals surface area contributed by atoms with E-state index in [4.69, 9.17) is 0 Å². The van der Waals surface area contributed by atoms with Crippen molar-refractivity contribution in [3.63, 3.8) is 0 Å². The second-order valence-electron chi connectivity index (χ2n) is 7.76. The molecule has 2 aliphatic rings. The molecule has 0 unspecified atom stereocenters. The van der Waals surface area contributed by atoms with E-state index in [2.05, 4.69) is 15.0 Å². The average molecular weight is 441 g/mol. The summed E-state index contributed by atoms with van der Waals surface area (Å²) in [7, 11) is -4.33. The van der Waals surface area contributed by atoms with Gasteiger partial charge < -0.3 is 5.32 Å². The van der Waals surface area contributed by atoms with Crippen molar-refractivity contribution < 1.29 is 22.0 Å². The van der Waals surface area contributed by atoms with Crippen molar-refractivity contribution in [1.82, 2.24) is 4.98 Å². The maximum Gasteiger partial charge on any atom is 0.264 e. The summed E-state index contributed by atoms with van der Waals surface area (Å²) in [6.07, 6.45) is 5.46. The van der Waals surface area contributed by atoms with Crippen molar-refractivity contribution in [2.45, 2.75) is 29.6 Å². The van der Waals surface area contributed by atoms with Crippen LogP contribution in [0.15, 0.2) is 59.8 Å². The Morgan fingerprint density at radius 2 is 1.90 bits per heavy atom. The monoisotopic (exact) mass is 441 g/mol. The summed E-state index contributed by atoms with van der Waals surface area (Å²) in [5.74, 6) is -2.17. The molecule has 1 amide bonds. The van der Waals surface area contributed by atoms with E-state index in [1.165, 1.54) is 0 Å².